The molecule has 17 heavy (non-hydrogen) atoms. The Labute approximate surface area is 102 Å². The third-order valence-electron chi connectivity index (χ3n) is 2.72. The van der Waals surface area contributed by atoms with Crippen LogP contribution in [0.4, 0.5) is 0 Å². The number of hydrogen-bond acceptors (Lipinski definition) is 4. The molecule has 0 saturated heterocycles. The van der Waals surface area contributed by atoms with Gasteiger partial charge in [-0.05, 0) is 18.8 Å². The van der Waals surface area contributed by atoms with E-state index < -0.39 is 0 Å². The highest BCUT2D eigenvalue weighted by Crippen LogP contribution is 2.16. The van der Waals surface area contributed by atoms with E-state index in [1.54, 1.807) is 10.9 Å². The first-order valence-electron chi connectivity index (χ1n) is 6.22. The van der Waals surface area contributed by atoms with Gasteiger partial charge in [0, 0.05) is 19.0 Å². The van der Waals surface area contributed by atoms with Crippen molar-refractivity contribution >= 4 is 5.78 Å². The van der Waals surface area contributed by atoms with Crippen LogP contribution in [0.5, 0.6) is 0 Å². The van der Waals surface area contributed by atoms with Crippen LogP contribution < -0.4 is 5.73 Å². The molecule has 1 unspecified atom stereocenters. The maximum absolute atomic E-state index is 12.3. The highest BCUT2D eigenvalue weighted by molar-refractivity contribution is 5.96. The van der Waals surface area contributed by atoms with Crippen molar-refractivity contribution in [3.63, 3.8) is 0 Å². The molecular weight excluding hydrogens is 216 g/mol. The maximum Gasteiger partial charge on any atom is 0.186 e. The number of rotatable bonds is 7. The number of aromatic nitrogens is 3. The minimum atomic E-state index is -0.121. The fraction of sp³-hybridized carbons (Fsp3) is 0.750. The molecule has 0 radical (unpaired) electrons. The van der Waals surface area contributed by atoms with E-state index in [2.05, 4.69) is 24.2 Å². The van der Waals surface area contributed by atoms with E-state index in [4.69, 9.17) is 5.73 Å². The normalized spacial score (nSPS) is 13.0. The van der Waals surface area contributed by atoms with Gasteiger partial charge >= 0.3 is 0 Å². The van der Waals surface area contributed by atoms with Gasteiger partial charge in [-0.1, -0.05) is 26.0 Å². The van der Waals surface area contributed by atoms with Crippen LogP contribution in [-0.4, -0.2) is 27.3 Å². The van der Waals surface area contributed by atoms with E-state index in [0.717, 1.165) is 19.4 Å². The van der Waals surface area contributed by atoms with Crippen molar-refractivity contribution < 1.29 is 4.79 Å². The van der Waals surface area contributed by atoms with Crippen molar-refractivity contribution in [2.75, 3.05) is 6.54 Å². The molecule has 0 amide bonds. The van der Waals surface area contributed by atoms with Crippen LogP contribution in [0.1, 0.15) is 44.1 Å². The number of Topliss-reactive ketones (excluding diaryl/α,β-unsaturated/α-hetero) is 1. The van der Waals surface area contributed by atoms with Crippen LogP contribution in [-0.2, 0) is 6.54 Å². The SMILES string of the molecule is CCCn1nncc1C(=O)C(CN)CC(C)C. The first-order valence-corrected chi connectivity index (χ1v) is 6.22. The van der Waals surface area contributed by atoms with Crippen molar-refractivity contribution in [1.29, 1.82) is 0 Å². The average Bonchev–Trinajstić information content (AvgIpc) is 2.73. The van der Waals surface area contributed by atoms with E-state index in [1.807, 2.05) is 6.92 Å². The van der Waals surface area contributed by atoms with Crippen molar-refractivity contribution in [3.8, 4) is 0 Å². The molecule has 5 heteroatoms. The van der Waals surface area contributed by atoms with Gasteiger partial charge in [0.15, 0.2) is 5.78 Å². The Balaban J connectivity index is 2.82. The predicted molar refractivity (Wildman–Crippen MR) is 66.6 cm³/mol. The average molecular weight is 238 g/mol. The van der Waals surface area contributed by atoms with Crippen LogP contribution in [0.25, 0.3) is 0 Å². The fourth-order valence-corrected chi connectivity index (χ4v) is 1.91. The van der Waals surface area contributed by atoms with Crippen molar-refractivity contribution in [3.05, 3.63) is 11.9 Å². The number of hydrogen-bond donors (Lipinski definition) is 1. The minimum absolute atomic E-state index is 0.0691. The van der Waals surface area contributed by atoms with Gasteiger partial charge in [-0.3, -0.25) is 4.79 Å². The van der Waals surface area contributed by atoms with Crippen LogP contribution in [0.3, 0.4) is 0 Å². The standard InChI is InChI=1S/C12H22N4O/c1-4-5-16-11(8-14-15-16)12(17)10(7-13)6-9(2)3/h8-10H,4-7,13H2,1-3H3. The molecule has 0 bridgehead atoms. The van der Waals surface area contributed by atoms with Gasteiger partial charge in [-0.15, -0.1) is 5.10 Å². The number of carbonyl (C=O) groups is 1. The summed E-state index contributed by atoms with van der Waals surface area (Å²) in [7, 11) is 0. The molecule has 1 atom stereocenters. The molecule has 5 nitrogen and oxygen atoms in total. The molecule has 1 rings (SSSR count). The molecule has 0 aromatic carbocycles. The number of ketones is 1. The number of aryl methyl sites for hydroxylation is 1. The summed E-state index contributed by atoms with van der Waals surface area (Å²) in [6.45, 7) is 7.34. The third-order valence-corrected chi connectivity index (χ3v) is 2.72. The summed E-state index contributed by atoms with van der Waals surface area (Å²) in [5.74, 6) is 0.409. The first kappa shape index (κ1) is 13.8. The Morgan fingerprint density at radius 1 is 1.53 bits per heavy atom. The second-order valence-corrected chi connectivity index (χ2v) is 4.77. The van der Waals surface area contributed by atoms with Gasteiger partial charge in [0.25, 0.3) is 0 Å². The summed E-state index contributed by atoms with van der Waals surface area (Å²) >= 11 is 0. The zero-order valence-corrected chi connectivity index (χ0v) is 10.9. The summed E-state index contributed by atoms with van der Waals surface area (Å²) in [4.78, 5) is 12.3. The number of nitrogens with zero attached hydrogens (tertiary/aromatic N) is 3. The zero-order chi connectivity index (χ0) is 12.8. The summed E-state index contributed by atoms with van der Waals surface area (Å²) in [5, 5.41) is 7.74. The minimum Gasteiger partial charge on any atom is -0.330 e. The molecule has 0 fully saturated rings. The summed E-state index contributed by atoms with van der Waals surface area (Å²) in [5.41, 5.74) is 6.27. The third kappa shape index (κ3) is 3.63. The summed E-state index contributed by atoms with van der Waals surface area (Å²) in [6.07, 6.45) is 3.29. The Morgan fingerprint density at radius 3 is 2.76 bits per heavy atom. The number of nitrogens with two attached hydrogens (primary N) is 1. The smallest absolute Gasteiger partial charge is 0.186 e. The van der Waals surface area contributed by atoms with Crippen molar-refractivity contribution in [2.45, 2.75) is 40.2 Å². The number of carbonyl (C=O) groups excluding carboxylic acids is 1. The monoisotopic (exact) mass is 238 g/mol. The maximum atomic E-state index is 12.3. The first-order chi connectivity index (χ1) is 8.10. The molecule has 0 spiro atoms. The molecule has 1 heterocycles. The Bertz CT molecular complexity index is 359. The molecule has 1 aromatic heterocycles. The molecule has 0 aliphatic heterocycles. The summed E-state index contributed by atoms with van der Waals surface area (Å²) < 4.78 is 1.67. The van der Waals surface area contributed by atoms with Gasteiger partial charge in [0.1, 0.15) is 5.69 Å². The lowest BCUT2D eigenvalue weighted by Crippen LogP contribution is -2.27. The Morgan fingerprint density at radius 2 is 2.24 bits per heavy atom. The van der Waals surface area contributed by atoms with Crippen LogP contribution in [0, 0.1) is 11.8 Å². The lowest BCUT2D eigenvalue weighted by molar-refractivity contribution is 0.0897. The highest BCUT2D eigenvalue weighted by Gasteiger charge is 2.23. The van der Waals surface area contributed by atoms with Crippen LogP contribution in [0.15, 0.2) is 6.20 Å². The fourth-order valence-electron chi connectivity index (χ4n) is 1.91. The van der Waals surface area contributed by atoms with Crippen LogP contribution >= 0.6 is 0 Å². The largest absolute Gasteiger partial charge is 0.330 e. The molecular formula is C12H22N4O. The Kier molecular flexibility index (Phi) is 5.28. The molecule has 0 aliphatic carbocycles. The molecule has 96 valence electrons. The highest BCUT2D eigenvalue weighted by atomic mass is 16.1. The van der Waals surface area contributed by atoms with Gasteiger partial charge in [-0.25, -0.2) is 4.68 Å². The molecule has 0 saturated carbocycles. The predicted octanol–water partition coefficient (Wildman–Crippen LogP) is 1.49. The van der Waals surface area contributed by atoms with E-state index in [1.165, 1.54) is 0 Å². The van der Waals surface area contributed by atoms with Gasteiger partial charge in [0.2, 0.25) is 0 Å². The van der Waals surface area contributed by atoms with E-state index in [-0.39, 0.29) is 11.7 Å². The van der Waals surface area contributed by atoms with Gasteiger partial charge in [0.05, 0.1) is 6.20 Å². The van der Waals surface area contributed by atoms with Crippen LogP contribution in [0.2, 0.25) is 0 Å². The van der Waals surface area contributed by atoms with E-state index >= 15 is 0 Å². The second kappa shape index (κ2) is 6.49. The van der Waals surface area contributed by atoms with Gasteiger partial charge in [-0.2, -0.15) is 0 Å². The topological polar surface area (TPSA) is 73.8 Å². The van der Waals surface area contributed by atoms with E-state index in [9.17, 15) is 4.79 Å². The lowest BCUT2D eigenvalue weighted by atomic mass is 9.92. The second-order valence-electron chi connectivity index (χ2n) is 4.77. The quantitative estimate of drug-likeness (QED) is 0.730. The zero-order valence-electron chi connectivity index (χ0n) is 10.9. The van der Waals surface area contributed by atoms with Crippen molar-refractivity contribution in [1.82, 2.24) is 15.0 Å². The summed E-state index contributed by atoms with van der Waals surface area (Å²) in [6, 6.07) is 0. The van der Waals surface area contributed by atoms with E-state index in [0.29, 0.717) is 18.2 Å². The molecule has 1 aromatic rings. The molecule has 2 N–H and O–H groups in total. The van der Waals surface area contributed by atoms with Crippen molar-refractivity contribution in [2.24, 2.45) is 17.6 Å². The lowest BCUT2D eigenvalue weighted by Gasteiger charge is -2.15. The molecule has 0 aliphatic rings. The Hall–Kier alpha value is -1.23. The van der Waals surface area contributed by atoms with Gasteiger partial charge < -0.3 is 5.73 Å².